The van der Waals surface area contributed by atoms with Crippen LogP contribution in [0, 0.1) is 10.5 Å². The molecule has 1 rings (SSSR count). The number of aryl methyl sites for hydroxylation is 1. The molecule has 0 radical (unpaired) electrons. The highest BCUT2D eigenvalue weighted by Crippen LogP contribution is 2.23. The molecule has 12 heavy (non-hydrogen) atoms. The Morgan fingerprint density at radius 1 is 1.50 bits per heavy atom. The van der Waals surface area contributed by atoms with E-state index in [4.69, 9.17) is 0 Å². The van der Waals surface area contributed by atoms with Gasteiger partial charge in [-0.3, -0.25) is 4.79 Å². The van der Waals surface area contributed by atoms with Gasteiger partial charge in [-0.1, -0.05) is 0 Å². The molecule has 0 unspecified atom stereocenters. The summed E-state index contributed by atoms with van der Waals surface area (Å²) in [5.41, 5.74) is 1.38. The third-order valence-electron chi connectivity index (χ3n) is 1.66. The summed E-state index contributed by atoms with van der Waals surface area (Å²) in [7, 11) is 0. The molecular weight excluding hydrogens is 267 g/mol. The molecule has 3 heteroatoms. The summed E-state index contributed by atoms with van der Waals surface area (Å²) in [4.78, 5) is 11.0. The van der Waals surface area contributed by atoms with Crippen LogP contribution in [0.4, 0.5) is 0 Å². The van der Waals surface area contributed by atoms with Gasteiger partial charge in [-0.2, -0.15) is 0 Å². The van der Waals surface area contributed by atoms with E-state index in [1.54, 1.807) is 12.1 Å². The number of ketones is 1. The summed E-state index contributed by atoms with van der Waals surface area (Å²) in [6.45, 7) is 3.34. The Morgan fingerprint density at radius 3 is 2.58 bits per heavy atom. The summed E-state index contributed by atoms with van der Waals surface area (Å²) in [5.74, 6) is -0.0363. The van der Waals surface area contributed by atoms with Gasteiger partial charge in [-0.15, -0.1) is 0 Å². The van der Waals surface area contributed by atoms with Crippen LogP contribution in [0.2, 0.25) is 0 Å². The van der Waals surface area contributed by atoms with Gasteiger partial charge in [0.15, 0.2) is 5.78 Å². The molecule has 1 N–H and O–H groups in total. The number of aromatic hydroxyl groups is 1. The SMILES string of the molecule is CC(=O)c1cc(I)c(C)cc1O. The molecule has 0 aliphatic rings. The van der Waals surface area contributed by atoms with Crippen molar-refractivity contribution in [3.63, 3.8) is 0 Å². The van der Waals surface area contributed by atoms with Crippen LogP contribution in [-0.4, -0.2) is 10.9 Å². The predicted octanol–water partition coefficient (Wildman–Crippen LogP) is 2.51. The maximum atomic E-state index is 11.0. The maximum absolute atomic E-state index is 11.0. The van der Waals surface area contributed by atoms with Gasteiger partial charge < -0.3 is 5.11 Å². The lowest BCUT2D eigenvalue weighted by Crippen LogP contribution is -1.94. The molecule has 0 aliphatic heterocycles. The Morgan fingerprint density at radius 2 is 2.08 bits per heavy atom. The molecule has 0 saturated carbocycles. The second kappa shape index (κ2) is 3.43. The Hall–Kier alpha value is -0.580. The van der Waals surface area contributed by atoms with Crippen molar-refractivity contribution in [2.75, 3.05) is 0 Å². The van der Waals surface area contributed by atoms with E-state index >= 15 is 0 Å². The number of hydrogen-bond acceptors (Lipinski definition) is 2. The van der Waals surface area contributed by atoms with Crippen molar-refractivity contribution in [1.29, 1.82) is 0 Å². The first kappa shape index (κ1) is 9.51. The zero-order valence-corrected chi connectivity index (χ0v) is 9.05. The van der Waals surface area contributed by atoms with Gasteiger partial charge in [0.25, 0.3) is 0 Å². The average molecular weight is 276 g/mol. The molecule has 0 aliphatic carbocycles. The molecule has 0 bridgehead atoms. The highest BCUT2D eigenvalue weighted by Gasteiger charge is 2.08. The molecule has 2 nitrogen and oxygen atoms in total. The second-order valence-electron chi connectivity index (χ2n) is 2.67. The predicted molar refractivity (Wildman–Crippen MR) is 55.6 cm³/mol. The molecule has 0 aromatic heterocycles. The van der Waals surface area contributed by atoms with E-state index in [9.17, 15) is 9.90 Å². The van der Waals surface area contributed by atoms with Gasteiger partial charge in [0.05, 0.1) is 5.56 Å². The molecule has 0 amide bonds. The molecule has 1 aromatic carbocycles. The third-order valence-corrected chi connectivity index (χ3v) is 2.82. The molecule has 0 spiro atoms. The van der Waals surface area contributed by atoms with Gasteiger partial charge >= 0.3 is 0 Å². The highest BCUT2D eigenvalue weighted by atomic mass is 127. The van der Waals surface area contributed by atoms with Crippen LogP contribution in [0.1, 0.15) is 22.8 Å². The summed E-state index contributed by atoms with van der Waals surface area (Å²) < 4.78 is 0.996. The molecule has 0 heterocycles. The smallest absolute Gasteiger partial charge is 0.163 e. The molecule has 0 fully saturated rings. The van der Waals surface area contributed by atoms with Crippen LogP contribution in [0.25, 0.3) is 0 Å². The first-order valence-electron chi connectivity index (χ1n) is 3.52. The standard InChI is InChI=1S/C9H9IO2/c1-5-3-9(12)7(6(2)11)4-8(5)10/h3-4,12H,1-2H3. The Bertz CT molecular complexity index is 332. The van der Waals surface area contributed by atoms with E-state index in [1.165, 1.54) is 6.92 Å². The van der Waals surface area contributed by atoms with Crippen LogP contribution in [0.5, 0.6) is 5.75 Å². The van der Waals surface area contributed by atoms with Crippen molar-refractivity contribution in [1.82, 2.24) is 0 Å². The summed E-state index contributed by atoms with van der Waals surface area (Å²) in [5, 5.41) is 9.36. The Balaban J connectivity index is 3.33. The zero-order valence-electron chi connectivity index (χ0n) is 6.89. The van der Waals surface area contributed by atoms with Crippen LogP contribution in [0.15, 0.2) is 12.1 Å². The number of phenols is 1. The molecule has 1 aromatic rings. The fourth-order valence-corrected chi connectivity index (χ4v) is 1.42. The Labute approximate surface area is 84.7 Å². The normalized spacial score (nSPS) is 9.92. The second-order valence-corrected chi connectivity index (χ2v) is 3.84. The van der Waals surface area contributed by atoms with Gasteiger partial charge in [0, 0.05) is 3.57 Å². The van der Waals surface area contributed by atoms with Crippen molar-refractivity contribution in [2.24, 2.45) is 0 Å². The number of phenolic OH excluding ortho intramolecular Hbond substituents is 1. The van der Waals surface area contributed by atoms with Gasteiger partial charge in [0.2, 0.25) is 0 Å². The maximum Gasteiger partial charge on any atom is 0.163 e. The lowest BCUT2D eigenvalue weighted by molar-refractivity contribution is 0.101. The van der Waals surface area contributed by atoms with E-state index in [1.807, 2.05) is 6.92 Å². The quantitative estimate of drug-likeness (QED) is 0.632. The van der Waals surface area contributed by atoms with E-state index < -0.39 is 0 Å². The summed E-state index contributed by atoms with van der Waals surface area (Å²) >= 11 is 2.14. The van der Waals surface area contributed by atoms with Gasteiger partial charge in [0.1, 0.15) is 5.75 Å². The number of Topliss-reactive ketones (excluding diaryl/α,β-unsaturated/α-hetero) is 1. The van der Waals surface area contributed by atoms with Crippen LogP contribution >= 0.6 is 22.6 Å². The summed E-state index contributed by atoms with van der Waals surface area (Å²) in [6.07, 6.45) is 0. The van der Waals surface area contributed by atoms with E-state index in [-0.39, 0.29) is 11.5 Å². The van der Waals surface area contributed by atoms with Crippen molar-refractivity contribution < 1.29 is 9.90 Å². The summed E-state index contributed by atoms with van der Waals surface area (Å²) in [6, 6.07) is 3.31. The fraction of sp³-hybridized carbons (Fsp3) is 0.222. The van der Waals surface area contributed by atoms with Crippen molar-refractivity contribution in [3.8, 4) is 5.75 Å². The first-order valence-corrected chi connectivity index (χ1v) is 4.60. The molecule has 0 saturated heterocycles. The minimum atomic E-state index is -0.106. The number of rotatable bonds is 1. The van der Waals surface area contributed by atoms with Crippen molar-refractivity contribution in [2.45, 2.75) is 13.8 Å². The van der Waals surface area contributed by atoms with Crippen LogP contribution < -0.4 is 0 Å². The monoisotopic (exact) mass is 276 g/mol. The largest absolute Gasteiger partial charge is 0.507 e. The molecule has 0 atom stereocenters. The van der Waals surface area contributed by atoms with E-state index in [0.29, 0.717) is 5.56 Å². The van der Waals surface area contributed by atoms with E-state index in [0.717, 1.165) is 9.13 Å². The topological polar surface area (TPSA) is 37.3 Å². The fourth-order valence-electron chi connectivity index (χ4n) is 0.948. The number of benzene rings is 1. The third kappa shape index (κ3) is 1.77. The molecule has 64 valence electrons. The highest BCUT2D eigenvalue weighted by molar-refractivity contribution is 14.1. The average Bonchev–Trinajstić information content (AvgIpc) is 1.96. The van der Waals surface area contributed by atoms with Crippen LogP contribution in [0.3, 0.4) is 0 Å². The lowest BCUT2D eigenvalue weighted by Gasteiger charge is -2.03. The number of carbonyl (C=O) groups is 1. The number of carbonyl (C=O) groups excluding carboxylic acids is 1. The van der Waals surface area contributed by atoms with Gasteiger partial charge in [-0.25, -0.2) is 0 Å². The number of hydrogen-bond donors (Lipinski definition) is 1. The van der Waals surface area contributed by atoms with E-state index in [2.05, 4.69) is 22.6 Å². The minimum absolute atomic E-state index is 0.0698. The first-order chi connectivity index (χ1) is 5.52. The Kier molecular flexibility index (Phi) is 2.72. The molecular formula is C9H9IO2. The zero-order chi connectivity index (χ0) is 9.30. The van der Waals surface area contributed by atoms with Crippen molar-refractivity contribution in [3.05, 3.63) is 26.8 Å². The lowest BCUT2D eigenvalue weighted by atomic mass is 10.1. The van der Waals surface area contributed by atoms with Gasteiger partial charge in [-0.05, 0) is 54.1 Å². The van der Waals surface area contributed by atoms with Crippen molar-refractivity contribution >= 4 is 28.4 Å². The number of halogens is 1. The van der Waals surface area contributed by atoms with Crippen LogP contribution in [-0.2, 0) is 0 Å². The minimum Gasteiger partial charge on any atom is -0.507 e.